The number of aromatic nitrogens is 2. The maximum absolute atomic E-state index is 14.0. The van der Waals surface area contributed by atoms with Crippen molar-refractivity contribution in [1.82, 2.24) is 24.7 Å². The third-order valence-corrected chi connectivity index (χ3v) is 9.59. The molecule has 208 valence electrons. The summed E-state index contributed by atoms with van der Waals surface area (Å²) in [4.78, 5) is 54.4. The Balaban J connectivity index is 1.52. The lowest BCUT2D eigenvalue weighted by atomic mass is 9.98. The molecule has 40 heavy (non-hydrogen) atoms. The number of aryl methyl sites for hydroxylation is 1. The number of nitrogens with zero attached hydrogens (tertiary/aromatic N) is 6. The highest BCUT2D eigenvalue weighted by Gasteiger charge is 2.62. The number of carbonyl (C=O) groups is 3. The number of hydrogen-bond acceptors (Lipinski definition) is 8. The van der Waals surface area contributed by atoms with Crippen LogP contribution in [0.5, 0.6) is 0 Å². The first-order chi connectivity index (χ1) is 19.0. The van der Waals surface area contributed by atoms with Crippen molar-refractivity contribution in [3.05, 3.63) is 46.1 Å². The summed E-state index contributed by atoms with van der Waals surface area (Å²) in [5, 5.41) is 9.69. The molecule has 2 fully saturated rings. The summed E-state index contributed by atoms with van der Waals surface area (Å²) >= 11 is 1.50. The van der Waals surface area contributed by atoms with E-state index in [2.05, 4.69) is 28.0 Å². The molecular weight excluding hydrogens is 524 g/mol. The van der Waals surface area contributed by atoms with E-state index in [4.69, 9.17) is 0 Å². The van der Waals surface area contributed by atoms with Gasteiger partial charge in [0.15, 0.2) is 0 Å². The fourth-order valence-corrected chi connectivity index (χ4v) is 7.17. The van der Waals surface area contributed by atoms with Gasteiger partial charge in [0.05, 0.1) is 33.9 Å². The molecule has 9 nitrogen and oxygen atoms in total. The van der Waals surface area contributed by atoms with Gasteiger partial charge in [0, 0.05) is 55.3 Å². The summed E-state index contributed by atoms with van der Waals surface area (Å²) in [5.74, 6) is -0.682. The van der Waals surface area contributed by atoms with Crippen LogP contribution in [0.25, 0.3) is 21.5 Å². The first kappa shape index (κ1) is 27.9. The van der Waals surface area contributed by atoms with Crippen molar-refractivity contribution >= 4 is 39.7 Å². The predicted octanol–water partition coefficient (Wildman–Crippen LogP) is 3.74. The summed E-state index contributed by atoms with van der Waals surface area (Å²) in [6.45, 7) is 10.4. The average molecular weight is 559 g/mol. The second kappa shape index (κ2) is 10.4. The molecule has 0 spiro atoms. The molecule has 3 atom stereocenters. The number of piperazine rings is 1. The van der Waals surface area contributed by atoms with Crippen molar-refractivity contribution < 1.29 is 14.4 Å². The minimum absolute atomic E-state index is 0.0408. The van der Waals surface area contributed by atoms with Crippen molar-refractivity contribution in [2.75, 3.05) is 33.7 Å². The smallest absolute Gasteiger partial charge is 0.256 e. The van der Waals surface area contributed by atoms with Gasteiger partial charge in [0.1, 0.15) is 18.0 Å². The van der Waals surface area contributed by atoms with Crippen LogP contribution in [-0.2, 0) is 16.1 Å². The highest BCUT2D eigenvalue weighted by molar-refractivity contribution is 7.19. The number of carbonyl (C=O) groups excluding carboxylic acids is 3. The van der Waals surface area contributed by atoms with E-state index in [9.17, 15) is 19.6 Å². The zero-order valence-electron chi connectivity index (χ0n) is 23.8. The molecule has 0 N–H and O–H groups in total. The fraction of sp³-hybridized carbons (Fsp3) is 0.467. The van der Waals surface area contributed by atoms with Gasteiger partial charge in [0.25, 0.3) is 5.91 Å². The van der Waals surface area contributed by atoms with Crippen LogP contribution < -0.4 is 0 Å². The van der Waals surface area contributed by atoms with Crippen molar-refractivity contribution in [3.8, 4) is 17.3 Å². The van der Waals surface area contributed by atoms with E-state index in [1.54, 1.807) is 24.2 Å². The van der Waals surface area contributed by atoms with Gasteiger partial charge in [-0.3, -0.25) is 14.6 Å². The average Bonchev–Trinajstić information content (AvgIpc) is 3.23. The van der Waals surface area contributed by atoms with E-state index in [0.717, 1.165) is 40.0 Å². The van der Waals surface area contributed by atoms with E-state index in [0.29, 0.717) is 29.9 Å². The van der Waals surface area contributed by atoms with Gasteiger partial charge in [-0.15, -0.1) is 11.3 Å². The second-order valence-electron chi connectivity index (χ2n) is 11.7. The number of likely N-dealkylation sites (N-methyl/N-ethyl adjacent to an activating group) is 1. The van der Waals surface area contributed by atoms with Gasteiger partial charge < -0.3 is 19.5 Å². The monoisotopic (exact) mass is 558 g/mol. The van der Waals surface area contributed by atoms with Crippen LogP contribution in [0.15, 0.2) is 24.4 Å². The van der Waals surface area contributed by atoms with Crippen LogP contribution in [-0.4, -0.2) is 82.5 Å². The molecule has 2 aliphatic rings. The maximum atomic E-state index is 14.0. The number of pyridine rings is 2. The number of rotatable bonds is 6. The highest BCUT2D eigenvalue weighted by Crippen LogP contribution is 2.57. The topological polar surface area (TPSA) is 110 Å². The lowest BCUT2D eigenvalue weighted by Gasteiger charge is -2.38. The molecule has 0 bridgehead atoms. The Hall–Kier alpha value is -3.68. The summed E-state index contributed by atoms with van der Waals surface area (Å²) in [5.41, 5.74) is 3.10. The van der Waals surface area contributed by atoms with Gasteiger partial charge in [-0.2, -0.15) is 5.26 Å². The van der Waals surface area contributed by atoms with Crippen molar-refractivity contribution in [1.29, 1.82) is 5.26 Å². The third kappa shape index (κ3) is 4.78. The van der Waals surface area contributed by atoms with Gasteiger partial charge in [0.2, 0.25) is 5.91 Å². The lowest BCUT2D eigenvalue weighted by molar-refractivity contribution is -0.133. The predicted molar refractivity (Wildman–Crippen MR) is 154 cm³/mol. The molecule has 4 heterocycles. The number of amides is 2. The first-order valence-electron chi connectivity index (χ1n) is 13.5. The van der Waals surface area contributed by atoms with E-state index in [1.165, 1.54) is 11.3 Å². The van der Waals surface area contributed by atoms with Crippen LogP contribution in [0.4, 0.5) is 0 Å². The molecule has 1 saturated carbocycles. The van der Waals surface area contributed by atoms with Gasteiger partial charge in [-0.1, -0.05) is 13.8 Å². The minimum atomic E-state index is -0.318. The molecule has 10 heteroatoms. The van der Waals surface area contributed by atoms with Crippen LogP contribution in [0, 0.1) is 35.5 Å². The SMILES string of the molecule is Cc1cc(C#N)nc(-c2ccnc3cc(CN(C)C(=O)C4C(C=O)C4(C)C)sc23)c1C(=O)N1CCN(C)CC1C. The van der Waals surface area contributed by atoms with Crippen LogP contribution >= 0.6 is 11.3 Å². The normalized spacial score (nSPS) is 22.1. The number of thiophene rings is 1. The fourth-order valence-electron chi connectivity index (χ4n) is 5.98. The Bertz CT molecular complexity index is 1560. The quantitative estimate of drug-likeness (QED) is 0.424. The van der Waals surface area contributed by atoms with Crippen molar-refractivity contribution in [2.24, 2.45) is 17.3 Å². The Morgan fingerprint density at radius 1 is 1.30 bits per heavy atom. The third-order valence-electron chi connectivity index (χ3n) is 8.45. The van der Waals surface area contributed by atoms with E-state index >= 15 is 0 Å². The Morgan fingerprint density at radius 2 is 2.05 bits per heavy atom. The molecule has 5 rings (SSSR count). The zero-order chi connectivity index (χ0) is 28.9. The molecule has 3 aromatic rings. The molecule has 1 saturated heterocycles. The van der Waals surface area contributed by atoms with E-state index in [1.807, 2.05) is 44.7 Å². The number of aldehydes is 1. The summed E-state index contributed by atoms with van der Waals surface area (Å²) in [6, 6.07) is 7.64. The molecule has 0 radical (unpaired) electrons. The Kier molecular flexibility index (Phi) is 7.23. The lowest BCUT2D eigenvalue weighted by Crippen LogP contribution is -2.52. The molecule has 2 amide bonds. The summed E-state index contributed by atoms with van der Waals surface area (Å²) in [7, 11) is 3.81. The molecule has 1 aliphatic heterocycles. The van der Waals surface area contributed by atoms with E-state index < -0.39 is 0 Å². The summed E-state index contributed by atoms with van der Waals surface area (Å²) < 4.78 is 0.846. The second-order valence-corrected chi connectivity index (χ2v) is 12.8. The Labute approximate surface area is 238 Å². The van der Waals surface area contributed by atoms with Gasteiger partial charge >= 0.3 is 0 Å². The first-order valence-corrected chi connectivity index (χ1v) is 14.3. The zero-order valence-corrected chi connectivity index (χ0v) is 24.6. The van der Waals surface area contributed by atoms with Crippen LogP contribution in [0.1, 0.15) is 47.3 Å². The Morgan fingerprint density at radius 3 is 2.70 bits per heavy atom. The van der Waals surface area contributed by atoms with Crippen molar-refractivity contribution in [2.45, 2.75) is 40.3 Å². The standard InChI is InChI=1S/C30H34N6O3S/c1-17-11-19(13-31)33-26(24(17)28(38)36-10-9-34(5)14-18(36)2)21-7-8-32-23-12-20(40-27(21)23)15-35(6)29(39)25-22(16-37)30(25,3)4/h7-8,11-12,16,18,22,25H,9-10,14-15H2,1-6H3. The maximum Gasteiger partial charge on any atom is 0.256 e. The van der Waals surface area contributed by atoms with Crippen LogP contribution in [0.2, 0.25) is 0 Å². The molecule has 3 unspecified atom stereocenters. The number of nitriles is 1. The molecular formula is C30H34N6O3S. The minimum Gasteiger partial charge on any atom is -0.340 e. The molecule has 1 aliphatic carbocycles. The largest absolute Gasteiger partial charge is 0.340 e. The molecule has 0 aromatic carbocycles. The number of hydrogen-bond donors (Lipinski definition) is 0. The summed E-state index contributed by atoms with van der Waals surface area (Å²) in [6.07, 6.45) is 2.57. The number of fused-ring (bicyclic) bond motifs is 1. The highest BCUT2D eigenvalue weighted by atomic mass is 32.1. The van der Waals surface area contributed by atoms with Crippen molar-refractivity contribution in [3.63, 3.8) is 0 Å². The van der Waals surface area contributed by atoms with Gasteiger partial charge in [-0.05, 0) is 50.1 Å². The van der Waals surface area contributed by atoms with E-state index in [-0.39, 0.29) is 40.8 Å². The van der Waals surface area contributed by atoms with Crippen LogP contribution in [0.3, 0.4) is 0 Å². The van der Waals surface area contributed by atoms with Gasteiger partial charge in [-0.25, -0.2) is 4.98 Å². The molecule has 3 aromatic heterocycles.